The van der Waals surface area contributed by atoms with Crippen molar-refractivity contribution in [2.75, 3.05) is 26.2 Å². The van der Waals surface area contributed by atoms with Crippen molar-refractivity contribution in [3.05, 3.63) is 32.8 Å². The number of nitro benzene ring substituents is 1. The second-order valence-electron chi connectivity index (χ2n) is 5.65. The maximum absolute atomic E-state index is 11.3. The van der Waals surface area contributed by atoms with Crippen LogP contribution < -0.4 is 5.32 Å². The van der Waals surface area contributed by atoms with Crippen molar-refractivity contribution in [3.63, 3.8) is 0 Å². The van der Waals surface area contributed by atoms with Crippen LogP contribution in [0.2, 0.25) is 5.02 Å². The number of phenols is 1. The van der Waals surface area contributed by atoms with E-state index in [1.165, 1.54) is 12.1 Å². The fourth-order valence-corrected chi connectivity index (χ4v) is 3.28. The smallest absolute Gasteiger partial charge is 0.278 e. The highest BCUT2D eigenvalue weighted by atomic mass is 35.5. The third-order valence-electron chi connectivity index (χ3n) is 4.25. The van der Waals surface area contributed by atoms with Crippen LogP contribution in [0.1, 0.15) is 24.4 Å². The summed E-state index contributed by atoms with van der Waals surface area (Å²) in [4.78, 5) is 13.1. The standard InChI is InChI=1S/C14H18ClN3O3.2ClH/c15-10-3-4-11(18(20)21)12(14(10)19)13(9-1-2-9)17-7-5-16-6-8-17;;/h3-4,9,13,16,19H,1-2,5-8H2;2*1H/t13-;;/m1../s1. The van der Waals surface area contributed by atoms with E-state index in [0.29, 0.717) is 11.5 Å². The molecule has 2 aliphatic rings. The van der Waals surface area contributed by atoms with Gasteiger partial charge >= 0.3 is 0 Å². The molecule has 6 nitrogen and oxygen atoms in total. The second kappa shape index (κ2) is 8.35. The number of phenolic OH excluding ortho intramolecular Hbond substituents is 1. The summed E-state index contributed by atoms with van der Waals surface area (Å²) in [6, 6.07) is 2.67. The van der Waals surface area contributed by atoms with Crippen molar-refractivity contribution in [3.8, 4) is 5.75 Å². The van der Waals surface area contributed by atoms with Gasteiger partial charge in [0.05, 0.1) is 15.5 Å². The minimum Gasteiger partial charge on any atom is -0.506 e. The van der Waals surface area contributed by atoms with E-state index in [0.717, 1.165) is 39.0 Å². The van der Waals surface area contributed by atoms with E-state index in [1.807, 2.05) is 0 Å². The molecule has 1 aliphatic carbocycles. The maximum Gasteiger partial charge on any atom is 0.278 e. The predicted molar refractivity (Wildman–Crippen MR) is 94.2 cm³/mol. The Morgan fingerprint density at radius 1 is 1.30 bits per heavy atom. The number of nitro groups is 1. The Morgan fingerprint density at radius 2 is 1.91 bits per heavy atom. The van der Waals surface area contributed by atoms with Gasteiger partial charge in [-0.15, -0.1) is 24.8 Å². The van der Waals surface area contributed by atoms with Crippen molar-refractivity contribution in [1.29, 1.82) is 0 Å². The molecule has 1 aliphatic heterocycles. The number of rotatable bonds is 4. The summed E-state index contributed by atoms with van der Waals surface area (Å²) in [5, 5.41) is 25.1. The fraction of sp³-hybridized carbons (Fsp3) is 0.571. The van der Waals surface area contributed by atoms with Crippen LogP contribution in [-0.4, -0.2) is 41.1 Å². The second-order valence-corrected chi connectivity index (χ2v) is 6.06. The minimum absolute atomic E-state index is 0. The number of hydrogen-bond donors (Lipinski definition) is 2. The van der Waals surface area contributed by atoms with Gasteiger partial charge in [-0.3, -0.25) is 15.0 Å². The molecule has 1 aromatic carbocycles. The van der Waals surface area contributed by atoms with E-state index in [4.69, 9.17) is 11.6 Å². The van der Waals surface area contributed by atoms with Crippen molar-refractivity contribution in [2.45, 2.75) is 18.9 Å². The summed E-state index contributed by atoms with van der Waals surface area (Å²) in [6.07, 6.45) is 2.08. The molecule has 3 rings (SSSR count). The first-order chi connectivity index (χ1) is 10.1. The molecule has 9 heteroatoms. The number of aromatic hydroxyl groups is 1. The molecular formula is C14H20Cl3N3O3. The predicted octanol–water partition coefficient (Wildman–Crippen LogP) is 3.15. The van der Waals surface area contributed by atoms with Crippen molar-refractivity contribution in [1.82, 2.24) is 10.2 Å². The Morgan fingerprint density at radius 3 is 2.43 bits per heavy atom. The third-order valence-corrected chi connectivity index (χ3v) is 4.56. The van der Waals surface area contributed by atoms with Crippen molar-refractivity contribution < 1.29 is 10.0 Å². The lowest BCUT2D eigenvalue weighted by Crippen LogP contribution is -2.45. The van der Waals surface area contributed by atoms with E-state index in [9.17, 15) is 15.2 Å². The summed E-state index contributed by atoms with van der Waals surface area (Å²) < 4.78 is 0. The van der Waals surface area contributed by atoms with Crippen LogP contribution in [-0.2, 0) is 0 Å². The van der Waals surface area contributed by atoms with Crippen molar-refractivity contribution >= 4 is 42.1 Å². The fourth-order valence-electron chi connectivity index (χ4n) is 3.11. The Bertz CT molecular complexity index is 564. The monoisotopic (exact) mass is 383 g/mol. The van der Waals surface area contributed by atoms with Gasteiger partial charge in [-0.1, -0.05) is 11.6 Å². The van der Waals surface area contributed by atoms with Gasteiger partial charge in [0, 0.05) is 38.3 Å². The van der Waals surface area contributed by atoms with E-state index in [-0.39, 0.29) is 47.3 Å². The number of benzene rings is 1. The lowest BCUT2D eigenvalue weighted by atomic mass is 9.97. The quantitative estimate of drug-likeness (QED) is 0.616. The molecule has 1 atom stereocenters. The average Bonchev–Trinajstić information content (AvgIpc) is 3.29. The Kier molecular flexibility index (Phi) is 7.35. The van der Waals surface area contributed by atoms with Gasteiger partial charge in [-0.2, -0.15) is 0 Å². The number of hydrogen-bond acceptors (Lipinski definition) is 5. The molecule has 23 heavy (non-hydrogen) atoms. The molecular weight excluding hydrogens is 365 g/mol. The summed E-state index contributed by atoms with van der Waals surface area (Å²) in [7, 11) is 0. The Labute approximate surface area is 152 Å². The molecule has 2 fully saturated rings. The summed E-state index contributed by atoms with van der Waals surface area (Å²) in [5.74, 6) is 0.229. The maximum atomic E-state index is 11.3. The molecule has 0 aromatic heterocycles. The van der Waals surface area contributed by atoms with Gasteiger partial charge in [0.15, 0.2) is 0 Å². The molecule has 0 amide bonds. The van der Waals surface area contributed by atoms with E-state index in [1.54, 1.807) is 0 Å². The summed E-state index contributed by atoms with van der Waals surface area (Å²) in [6.45, 7) is 3.37. The molecule has 1 saturated heterocycles. The van der Waals surface area contributed by atoms with Crippen LogP contribution in [0.4, 0.5) is 5.69 Å². The van der Waals surface area contributed by atoms with Crippen LogP contribution in [0.3, 0.4) is 0 Å². The Balaban J connectivity index is 0.00000132. The molecule has 0 radical (unpaired) electrons. The van der Waals surface area contributed by atoms with Crippen molar-refractivity contribution in [2.24, 2.45) is 5.92 Å². The lowest BCUT2D eigenvalue weighted by molar-refractivity contribution is -0.386. The summed E-state index contributed by atoms with van der Waals surface area (Å²) >= 11 is 6.00. The zero-order valence-corrected chi connectivity index (χ0v) is 14.8. The molecule has 130 valence electrons. The number of nitrogens with one attached hydrogen (secondary N) is 1. The molecule has 1 aromatic rings. The average molecular weight is 385 g/mol. The molecule has 0 spiro atoms. The number of halogens is 3. The third kappa shape index (κ3) is 4.19. The van der Waals surface area contributed by atoms with Crippen LogP contribution in [0.25, 0.3) is 0 Å². The number of piperazine rings is 1. The van der Waals surface area contributed by atoms with E-state index < -0.39 is 4.92 Å². The Hall–Kier alpha value is -0.790. The minimum atomic E-state index is -0.428. The van der Waals surface area contributed by atoms with Gasteiger partial charge in [-0.25, -0.2) is 0 Å². The normalized spacial score (nSPS) is 19.3. The van der Waals surface area contributed by atoms with Gasteiger partial charge in [0.1, 0.15) is 5.75 Å². The molecule has 1 heterocycles. The van der Waals surface area contributed by atoms with Gasteiger partial charge in [0.25, 0.3) is 5.69 Å². The first-order valence-corrected chi connectivity index (χ1v) is 7.58. The number of nitrogens with zero attached hydrogens (tertiary/aromatic N) is 2. The van der Waals surface area contributed by atoms with Crippen LogP contribution in [0.15, 0.2) is 12.1 Å². The molecule has 1 saturated carbocycles. The molecule has 0 bridgehead atoms. The van der Waals surface area contributed by atoms with Gasteiger partial charge in [0.2, 0.25) is 0 Å². The first-order valence-electron chi connectivity index (χ1n) is 7.20. The largest absolute Gasteiger partial charge is 0.506 e. The molecule has 2 N–H and O–H groups in total. The van der Waals surface area contributed by atoms with Gasteiger partial charge in [-0.05, 0) is 24.8 Å². The van der Waals surface area contributed by atoms with E-state index in [2.05, 4.69) is 10.2 Å². The van der Waals surface area contributed by atoms with Crippen LogP contribution >= 0.6 is 36.4 Å². The van der Waals surface area contributed by atoms with Gasteiger partial charge < -0.3 is 10.4 Å². The highest BCUT2D eigenvalue weighted by molar-refractivity contribution is 6.32. The summed E-state index contributed by atoms with van der Waals surface area (Å²) in [5.41, 5.74) is 0.351. The zero-order valence-electron chi connectivity index (χ0n) is 12.4. The highest BCUT2D eigenvalue weighted by Gasteiger charge is 2.42. The zero-order chi connectivity index (χ0) is 15.0. The topological polar surface area (TPSA) is 78.6 Å². The van der Waals surface area contributed by atoms with Crippen LogP contribution in [0.5, 0.6) is 5.75 Å². The van der Waals surface area contributed by atoms with Crippen LogP contribution in [0, 0.1) is 16.0 Å². The highest BCUT2D eigenvalue weighted by Crippen LogP contribution is 2.51. The molecule has 0 unspecified atom stereocenters. The SMILES string of the molecule is Cl.Cl.O=[N+]([O-])c1ccc(Cl)c(O)c1[C@@H](C1CC1)N1CCNCC1. The first kappa shape index (κ1) is 20.3. The van der Waals surface area contributed by atoms with E-state index >= 15 is 0 Å². The lowest BCUT2D eigenvalue weighted by Gasteiger charge is -2.35.